The molecule has 0 radical (unpaired) electrons. The van der Waals surface area contributed by atoms with Gasteiger partial charge in [0, 0.05) is 23.2 Å². The minimum Gasteiger partial charge on any atom is -0.443 e. The van der Waals surface area contributed by atoms with Gasteiger partial charge >= 0.3 is 0 Å². The van der Waals surface area contributed by atoms with Gasteiger partial charge in [-0.2, -0.15) is 0 Å². The number of oxazole rings is 1. The Morgan fingerprint density at radius 3 is 3.00 bits per heavy atom. The maximum absolute atomic E-state index is 6.14. The van der Waals surface area contributed by atoms with E-state index in [1.165, 1.54) is 19.2 Å². The molecule has 0 atom stereocenters. The standard InChI is InChI=1S/C14H15ClN2O/c1-9-2-3-10(6-12(9)15)14-13(17-8-18-14)7-16-11-4-5-11/h2-3,6,8,11,16H,4-5,7H2,1H3. The second-order valence-electron chi connectivity index (χ2n) is 4.75. The Balaban J connectivity index is 1.85. The maximum Gasteiger partial charge on any atom is 0.181 e. The Hall–Kier alpha value is -1.32. The van der Waals surface area contributed by atoms with E-state index >= 15 is 0 Å². The van der Waals surface area contributed by atoms with Crippen molar-refractivity contribution in [1.82, 2.24) is 10.3 Å². The number of aromatic nitrogens is 1. The summed E-state index contributed by atoms with van der Waals surface area (Å²) in [4.78, 5) is 4.27. The molecule has 0 bridgehead atoms. The molecule has 1 saturated carbocycles. The van der Waals surface area contributed by atoms with E-state index < -0.39 is 0 Å². The zero-order valence-corrected chi connectivity index (χ0v) is 11.0. The number of halogens is 1. The molecule has 18 heavy (non-hydrogen) atoms. The van der Waals surface area contributed by atoms with Gasteiger partial charge in [0.2, 0.25) is 0 Å². The molecule has 1 aliphatic carbocycles. The Morgan fingerprint density at radius 2 is 2.28 bits per heavy atom. The van der Waals surface area contributed by atoms with Crippen molar-refractivity contribution in [3.8, 4) is 11.3 Å². The van der Waals surface area contributed by atoms with Crippen LogP contribution in [0.2, 0.25) is 5.02 Å². The van der Waals surface area contributed by atoms with Crippen LogP contribution in [0.1, 0.15) is 24.1 Å². The fourth-order valence-electron chi connectivity index (χ4n) is 1.89. The van der Waals surface area contributed by atoms with Gasteiger partial charge in [-0.1, -0.05) is 23.7 Å². The number of rotatable bonds is 4. The topological polar surface area (TPSA) is 38.1 Å². The molecule has 0 spiro atoms. The zero-order valence-electron chi connectivity index (χ0n) is 10.2. The van der Waals surface area contributed by atoms with Crippen molar-refractivity contribution in [3.63, 3.8) is 0 Å². The number of nitrogens with zero attached hydrogens (tertiary/aromatic N) is 1. The first kappa shape index (κ1) is 11.8. The Labute approximate surface area is 111 Å². The highest BCUT2D eigenvalue weighted by molar-refractivity contribution is 6.31. The van der Waals surface area contributed by atoms with Crippen LogP contribution in [0.4, 0.5) is 0 Å². The van der Waals surface area contributed by atoms with E-state index in [0.717, 1.165) is 34.1 Å². The molecule has 0 aliphatic heterocycles. The van der Waals surface area contributed by atoms with Gasteiger partial charge in [-0.25, -0.2) is 4.98 Å². The number of benzene rings is 1. The molecule has 0 amide bonds. The fourth-order valence-corrected chi connectivity index (χ4v) is 2.07. The highest BCUT2D eigenvalue weighted by Gasteiger charge is 2.21. The van der Waals surface area contributed by atoms with Crippen LogP contribution in [0.25, 0.3) is 11.3 Å². The third-order valence-corrected chi connectivity index (χ3v) is 3.62. The minimum absolute atomic E-state index is 0.663. The van der Waals surface area contributed by atoms with Crippen LogP contribution >= 0.6 is 11.6 Å². The zero-order chi connectivity index (χ0) is 12.5. The summed E-state index contributed by atoms with van der Waals surface area (Å²) in [6, 6.07) is 6.61. The van der Waals surface area contributed by atoms with Crippen LogP contribution in [-0.2, 0) is 6.54 Å². The molecule has 1 fully saturated rings. The van der Waals surface area contributed by atoms with Crippen LogP contribution in [0.5, 0.6) is 0 Å². The predicted molar refractivity (Wildman–Crippen MR) is 71.5 cm³/mol. The smallest absolute Gasteiger partial charge is 0.181 e. The molecule has 1 N–H and O–H groups in total. The number of aryl methyl sites for hydroxylation is 1. The van der Waals surface area contributed by atoms with Crippen molar-refractivity contribution < 1.29 is 4.42 Å². The lowest BCUT2D eigenvalue weighted by Crippen LogP contribution is -2.15. The first-order valence-corrected chi connectivity index (χ1v) is 6.54. The van der Waals surface area contributed by atoms with Gasteiger partial charge in [0.25, 0.3) is 0 Å². The van der Waals surface area contributed by atoms with E-state index in [-0.39, 0.29) is 0 Å². The number of hydrogen-bond donors (Lipinski definition) is 1. The first-order chi connectivity index (χ1) is 8.74. The van der Waals surface area contributed by atoms with E-state index in [4.69, 9.17) is 16.0 Å². The summed E-state index contributed by atoms with van der Waals surface area (Å²) in [5, 5.41) is 4.19. The summed E-state index contributed by atoms with van der Waals surface area (Å²) in [5.41, 5.74) is 3.00. The lowest BCUT2D eigenvalue weighted by Gasteiger charge is -2.04. The largest absolute Gasteiger partial charge is 0.443 e. The van der Waals surface area contributed by atoms with Crippen molar-refractivity contribution in [2.45, 2.75) is 32.4 Å². The van der Waals surface area contributed by atoms with Gasteiger partial charge in [-0.3, -0.25) is 0 Å². The van der Waals surface area contributed by atoms with Crippen LogP contribution in [-0.4, -0.2) is 11.0 Å². The predicted octanol–water partition coefficient (Wildman–Crippen LogP) is 3.56. The van der Waals surface area contributed by atoms with E-state index in [0.29, 0.717) is 6.04 Å². The average Bonchev–Trinajstić information content (AvgIpc) is 3.08. The molecule has 1 aromatic heterocycles. The molecule has 1 aromatic carbocycles. The van der Waals surface area contributed by atoms with Gasteiger partial charge in [0.1, 0.15) is 5.69 Å². The Morgan fingerprint density at radius 1 is 1.44 bits per heavy atom. The highest BCUT2D eigenvalue weighted by Crippen LogP contribution is 2.28. The lowest BCUT2D eigenvalue weighted by molar-refractivity contribution is 0.569. The summed E-state index contributed by atoms with van der Waals surface area (Å²) < 4.78 is 5.49. The summed E-state index contributed by atoms with van der Waals surface area (Å²) in [6.07, 6.45) is 4.03. The van der Waals surface area contributed by atoms with E-state index in [2.05, 4.69) is 10.3 Å². The Kier molecular flexibility index (Phi) is 3.10. The first-order valence-electron chi connectivity index (χ1n) is 6.16. The Bertz CT molecular complexity index is 561. The van der Waals surface area contributed by atoms with Gasteiger partial charge in [0.15, 0.2) is 12.2 Å². The van der Waals surface area contributed by atoms with Crippen LogP contribution < -0.4 is 5.32 Å². The molecular formula is C14H15ClN2O. The highest BCUT2D eigenvalue weighted by atomic mass is 35.5. The van der Waals surface area contributed by atoms with Gasteiger partial charge in [0.05, 0.1) is 0 Å². The lowest BCUT2D eigenvalue weighted by atomic mass is 10.1. The second-order valence-corrected chi connectivity index (χ2v) is 5.15. The van der Waals surface area contributed by atoms with Crippen LogP contribution in [0.3, 0.4) is 0 Å². The van der Waals surface area contributed by atoms with E-state index in [1.807, 2.05) is 25.1 Å². The molecule has 3 rings (SSSR count). The van der Waals surface area contributed by atoms with Gasteiger partial charge < -0.3 is 9.73 Å². The fraction of sp³-hybridized carbons (Fsp3) is 0.357. The van der Waals surface area contributed by atoms with E-state index in [9.17, 15) is 0 Å². The van der Waals surface area contributed by atoms with Gasteiger partial charge in [-0.15, -0.1) is 0 Å². The molecule has 1 heterocycles. The molecule has 0 unspecified atom stereocenters. The van der Waals surface area contributed by atoms with Crippen LogP contribution in [0, 0.1) is 6.92 Å². The molecule has 1 aliphatic rings. The quantitative estimate of drug-likeness (QED) is 0.916. The molecule has 94 valence electrons. The average molecular weight is 263 g/mol. The summed E-state index contributed by atoms with van der Waals surface area (Å²) in [5.74, 6) is 0.810. The summed E-state index contributed by atoms with van der Waals surface area (Å²) in [6.45, 7) is 2.74. The number of nitrogens with one attached hydrogen (secondary N) is 1. The SMILES string of the molecule is Cc1ccc(-c2ocnc2CNC2CC2)cc1Cl. The third kappa shape index (κ3) is 2.42. The van der Waals surface area contributed by atoms with Crippen molar-refractivity contribution in [3.05, 3.63) is 40.9 Å². The molecular weight excluding hydrogens is 248 g/mol. The molecule has 2 aromatic rings. The maximum atomic E-state index is 6.14. The normalized spacial score (nSPS) is 15.0. The van der Waals surface area contributed by atoms with E-state index in [1.54, 1.807) is 0 Å². The summed E-state index contributed by atoms with van der Waals surface area (Å²) >= 11 is 6.14. The van der Waals surface area contributed by atoms with Crippen molar-refractivity contribution in [2.24, 2.45) is 0 Å². The monoisotopic (exact) mass is 262 g/mol. The molecule has 4 heteroatoms. The molecule has 3 nitrogen and oxygen atoms in total. The summed E-state index contributed by atoms with van der Waals surface area (Å²) in [7, 11) is 0. The number of hydrogen-bond acceptors (Lipinski definition) is 3. The van der Waals surface area contributed by atoms with Crippen LogP contribution in [0.15, 0.2) is 29.0 Å². The van der Waals surface area contributed by atoms with Crippen molar-refractivity contribution in [2.75, 3.05) is 0 Å². The van der Waals surface area contributed by atoms with Crippen molar-refractivity contribution >= 4 is 11.6 Å². The minimum atomic E-state index is 0.663. The third-order valence-electron chi connectivity index (χ3n) is 3.21. The van der Waals surface area contributed by atoms with Gasteiger partial charge in [-0.05, 0) is 31.4 Å². The molecule has 0 saturated heterocycles. The van der Waals surface area contributed by atoms with Crippen molar-refractivity contribution in [1.29, 1.82) is 0 Å². The second kappa shape index (κ2) is 4.75.